The molecule has 19 heavy (non-hydrogen) atoms. The fourth-order valence-corrected chi connectivity index (χ4v) is 1.85. The zero-order valence-electron chi connectivity index (χ0n) is 11.7. The third-order valence-corrected chi connectivity index (χ3v) is 2.99. The van der Waals surface area contributed by atoms with Gasteiger partial charge in [0, 0.05) is 25.6 Å². The van der Waals surface area contributed by atoms with Gasteiger partial charge < -0.3 is 10.6 Å². The Kier molecular flexibility index (Phi) is 4.90. The van der Waals surface area contributed by atoms with E-state index in [9.17, 15) is 4.79 Å². The number of aromatic nitrogens is 3. The van der Waals surface area contributed by atoms with Crippen LogP contribution in [0.15, 0.2) is 6.33 Å². The lowest BCUT2D eigenvalue weighted by Crippen LogP contribution is -2.29. The first kappa shape index (κ1) is 14.0. The molecule has 2 N–H and O–H groups in total. The summed E-state index contributed by atoms with van der Waals surface area (Å²) in [4.78, 5) is 15.7. The number of rotatable bonds is 8. The Morgan fingerprint density at radius 3 is 3.00 bits per heavy atom. The molecule has 0 aromatic carbocycles. The number of nitrogens with zero attached hydrogens (tertiary/aromatic N) is 3. The van der Waals surface area contributed by atoms with Crippen molar-refractivity contribution in [1.29, 1.82) is 0 Å². The van der Waals surface area contributed by atoms with Crippen LogP contribution in [0, 0.1) is 5.92 Å². The van der Waals surface area contributed by atoms with E-state index in [1.165, 1.54) is 0 Å². The molecule has 0 unspecified atom stereocenters. The van der Waals surface area contributed by atoms with Gasteiger partial charge in [0.1, 0.15) is 12.2 Å². The van der Waals surface area contributed by atoms with Gasteiger partial charge in [0.05, 0.1) is 6.54 Å². The molecule has 1 aliphatic carbocycles. The van der Waals surface area contributed by atoms with Crippen LogP contribution in [-0.2, 0) is 17.9 Å². The SMILES string of the molecule is CC(C)Cn1ncnc1CNCCC(=O)NC1CC1. The van der Waals surface area contributed by atoms with Crippen molar-refractivity contribution in [3.8, 4) is 0 Å². The molecule has 0 radical (unpaired) electrons. The average Bonchev–Trinajstić information content (AvgIpc) is 3.04. The molecular formula is C13H23N5O. The van der Waals surface area contributed by atoms with Gasteiger partial charge in [0.25, 0.3) is 0 Å². The van der Waals surface area contributed by atoms with Gasteiger partial charge in [0.2, 0.25) is 5.91 Å². The highest BCUT2D eigenvalue weighted by Crippen LogP contribution is 2.18. The zero-order chi connectivity index (χ0) is 13.7. The van der Waals surface area contributed by atoms with Crippen LogP contribution in [-0.4, -0.2) is 33.3 Å². The molecule has 1 saturated carbocycles. The molecule has 1 aliphatic rings. The highest BCUT2D eigenvalue weighted by molar-refractivity contribution is 5.76. The molecule has 0 saturated heterocycles. The van der Waals surface area contributed by atoms with E-state index in [1.807, 2.05) is 4.68 Å². The fourth-order valence-electron chi connectivity index (χ4n) is 1.85. The van der Waals surface area contributed by atoms with Crippen molar-refractivity contribution in [2.45, 2.75) is 52.2 Å². The Labute approximate surface area is 114 Å². The molecule has 1 aromatic heterocycles. The monoisotopic (exact) mass is 265 g/mol. The normalized spacial score (nSPS) is 14.9. The zero-order valence-corrected chi connectivity index (χ0v) is 11.7. The van der Waals surface area contributed by atoms with Gasteiger partial charge in [-0.15, -0.1) is 0 Å². The average molecular weight is 265 g/mol. The first-order valence-corrected chi connectivity index (χ1v) is 7.02. The number of nitrogens with one attached hydrogen (secondary N) is 2. The number of carbonyl (C=O) groups is 1. The number of carbonyl (C=O) groups excluding carboxylic acids is 1. The first-order valence-electron chi connectivity index (χ1n) is 7.02. The van der Waals surface area contributed by atoms with Crippen LogP contribution in [0.5, 0.6) is 0 Å². The van der Waals surface area contributed by atoms with Crippen LogP contribution >= 0.6 is 0 Å². The van der Waals surface area contributed by atoms with Crippen molar-refractivity contribution < 1.29 is 4.79 Å². The van der Waals surface area contributed by atoms with Crippen LogP contribution in [0.25, 0.3) is 0 Å². The molecule has 0 atom stereocenters. The van der Waals surface area contributed by atoms with Crippen LogP contribution in [0.4, 0.5) is 0 Å². The van der Waals surface area contributed by atoms with Gasteiger partial charge in [-0.3, -0.25) is 4.79 Å². The summed E-state index contributed by atoms with van der Waals surface area (Å²) in [5.41, 5.74) is 0. The smallest absolute Gasteiger partial charge is 0.221 e. The van der Waals surface area contributed by atoms with Gasteiger partial charge in [0.15, 0.2) is 0 Å². The minimum atomic E-state index is 0.138. The molecule has 106 valence electrons. The van der Waals surface area contributed by atoms with Crippen molar-refractivity contribution in [3.63, 3.8) is 0 Å². The van der Waals surface area contributed by atoms with Gasteiger partial charge in [-0.25, -0.2) is 9.67 Å². The number of hydrogen-bond acceptors (Lipinski definition) is 4. The predicted molar refractivity (Wildman–Crippen MR) is 72.3 cm³/mol. The summed E-state index contributed by atoms with van der Waals surface area (Å²) in [5, 5.41) is 10.4. The van der Waals surface area contributed by atoms with Crippen LogP contribution in [0.3, 0.4) is 0 Å². The largest absolute Gasteiger partial charge is 0.353 e. The maximum Gasteiger partial charge on any atom is 0.221 e. The van der Waals surface area contributed by atoms with Gasteiger partial charge >= 0.3 is 0 Å². The van der Waals surface area contributed by atoms with Crippen LogP contribution in [0.2, 0.25) is 0 Å². The summed E-state index contributed by atoms with van der Waals surface area (Å²) < 4.78 is 1.92. The fraction of sp³-hybridized carbons (Fsp3) is 0.769. The Bertz CT molecular complexity index is 411. The molecule has 0 spiro atoms. The Hall–Kier alpha value is -1.43. The minimum Gasteiger partial charge on any atom is -0.353 e. The second-order valence-corrected chi connectivity index (χ2v) is 5.52. The second kappa shape index (κ2) is 6.65. The molecule has 1 heterocycles. The molecule has 6 heteroatoms. The van der Waals surface area contributed by atoms with E-state index >= 15 is 0 Å². The van der Waals surface area contributed by atoms with E-state index in [0.29, 0.717) is 31.5 Å². The minimum absolute atomic E-state index is 0.138. The predicted octanol–water partition coefficient (Wildman–Crippen LogP) is 0.692. The van der Waals surface area contributed by atoms with Crippen molar-refractivity contribution >= 4 is 5.91 Å². The van der Waals surface area contributed by atoms with Crippen molar-refractivity contribution in [2.24, 2.45) is 5.92 Å². The summed E-state index contributed by atoms with van der Waals surface area (Å²) in [5.74, 6) is 1.61. The quantitative estimate of drug-likeness (QED) is 0.678. The third kappa shape index (κ3) is 4.98. The first-order chi connectivity index (χ1) is 9.15. The lowest BCUT2D eigenvalue weighted by molar-refractivity contribution is -0.121. The highest BCUT2D eigenvalue weighted by atomic mass is 16.1. The molecule has 0 aliphatic heterocycles. The Morgan fingerprint density at radius 1 is 1.53 bits per heavy atom. The summed E-state index contributed by atoms with van der Waals surface area (Å²) in [6.45, 7) is 6.51. The molecular weight excluding hydrogens is 242 g/mol. The molecule has 1 amide bonds. The van der Waals surface area contributed by atoms with E-state index < -0.39 is 0 Å². The lowest BCUT2D eigenvalue weighted by Gasteiger charge is -2.09. The van der Waals surface area contributed by atoms with Crippen molar-refractivity contribution in [3.05, 3.63) is 12.2 Å². The second-order valence-electron chi connectivity index (χ2n) is 5.52. The third-order valence-electron chi connectivity index (χ3n) is 2.99. The van der Waals surface area contributed by atoms with Crippen molar-refractivity contribution in [1.82, 2.24) is 25.4 Å². The van der Waals surface area contributed by atoms with E-state index in [1.54, 1.807) is 6.33 Å². The summed E-state index contributed by atoms with van der Waals surface area (Å²) in [7, 11) is 0. The Balaban J connectivity index is 1.64. The van der Waals surface area contributed by atoms with Gasteiger partial charge in [-0.1, -0.05) is 13.8 Å². The number of amides is 1. The van der Waals surface area contributed by atoms with Crippen molar-refractivity contribution in [2.75, 3.05) is 6.54 Å². The molecule has 1 fully saturated rings. The maximum absolute atomic E-state index is 11.5. The van der Waals surface area contributed by atoms with E-state index in [2.05, 4.69) is 34.6 Å². The summed E-state index contributed by atoms with van der Waals surface area (Å²) in [6.07, 6.45) is 4.38. The summed E-state index contributed by atoms with van der Waals surface area (Å²) >= 11 is 0. The van der Waals surface area contributed by atoms with E-state index in [4.69, 9.17) is 0 Å². The number of hydrogen-bond donors (Lipinski definition) is 2. The Morgan fingerprint density at radius 2 is 2.32 bits per heavy atom. The van der Waals surface area contributed by atoms with E-state index in [-0.39, 0.29) is 5.91 Å². The molecule has 1 aromatic rings. The molecule has 2 rings (SSSR count). The highest BCUT2D eigenvalue weighted by Gasteiger charge is 2.22. The van der Waals surface area contributed by atoms with Gasteiger partial charge in [-0.05, 0) is 18.8 Å². The molecule has 0 bridgehead atoms. The standard InChI is InChI=1S/C13H23N5O/c1-10(2)8-18-12(15-9-16-18)7-14-6-5-13(19)17-11-3-4-11/h9-11,14H,3-8H2,1-2H3,(H,17,19). The topological polar surface area (TPSA) is 71.8 Å². The molecule has 6 nitrogen and oxygen atoms in total. The van der Waals surface area contributed by atoms with Crippen LogP contribution < -0.4 is 10.6 Å². The maximum atomic E-state index is 11.5. The van der Waals surface area contributed by atoms with E-state index in [0.717, 1.165) is 25.2 Å². The lowest BCUT2D eigenvalue weighted by atomic mass is 10.2. The van der Waals surface area contributed by atoms with Gasteiger partial charge in [-0.2, -0.15) is 5.10 Å². The van der Waals surface area contributed by atoms with Crippen LogP contribution in [0.1, 0.15) is 38.9 Å². The summed E-state index contributed by atoms with van der Waals surface area (Å²) in [6, 6.07) is 0.446.